The predicted octanol–water partition coefficient (Wildman–Crippen LogP) is 4.89. The Morgan fingerprint density at radius 1 is 1.24 bits per heavy atom. The number of likely N-dealkylation sites (tertiary alicyclic amines) is 1. The number of fused-ring (bicyclic) bond motifs is 1. The van der Waals surface area contributed by atoms with Crippen LogP contribution in [0.4, 0.5) is 18.9 Å². The molecule has 2 aliphatic heterocycles. The number of rotatable bonds is 5. The van der Waals surface area contributed by atoms with E-state index in [1.807, 2.05) is 47.9 Å². The third-order valence-electron chi connectivity index (χ3n) is 7.01. The molecule has 2 aliphatic rings. The summed E-state index contributed by atoms with van der Waals surface area (Å²) in [5.41, 5.74) is 0.414. The van der Waals surface area contributed by atoms with Crippen molar-refractivity contribution in [3.63, 3.8) is 0 Å². The van der Waals surface area contributed by atoms with Crippen LogP contribution in [0.3, 0.4) is 0 Å². The fraction of sp³-hybridized carbons (Fsp3) is 0.462. The Kier molecular flexibility index (Phi) is 6.59. The van der Waals surface area contributed by atoms with Gasteiger partial charge in [0.1, 0.15) is 0 Å². The first-order chi connectivity index (χ1) is 16.2. The van der Waals surface area contributed by atoms with Gasteiger partial charge in [0.25, 0.3) is 5.91 Å². The van der Waals surface area contributed by atoms with Gasteiger partial charge in [-0.2, -0.15) is 18.4 Å². The zero-order chi connectivity index (χ0) is 24.5. The average molecular weight is 472 g/mol. The van der Waals surface area contributed by atoms with Crippen LogP contribution < -0.4 is 4.90 Å². The molecule has 2 aromatic carbocycles. The van der Waals surface area contributed by atoms with Gasteiger partial charge in [-0.1, -0.05) is 17.7 Å². The summed E-state index contributed by atoms with van der Waals surface area (Å²) < 4.78 is 46.4. The van der Waals surface area contributed by atoms with Crippen molar-refractivity contribution in [2.75, 3.05) is 44.3 Å². The van der Waals surface area contributed by atoms with Gasteiger partial charge >= 0.3 is 6.18 Å². The number of piperidine rings is 1. The lowest BCUT2D eigenvalue weighted by atomic mass is 9.73. The SMILES string of the molecule is CCOC[C@]12CN(C(=O)c3cccc(C)c3)CC[C@H]1CN(c1ccc(C#N)c(C(F)(F)F)c1)C2. The molecule has 2 fully saturated rings. The van der Waals surface area contributed by atoms with Crippen molar-refractivity contribution >= 4 is 11.6 Å². The number of benzene rings is 2. The highest BCUT2D eigenvalue weighted by atomic mass is 19.4. The Balaban J connectivity index is 1.62. The van der Waals surface area contributed by atoms with E-state index in [2.05, 4.69) is 0 Å². The normalized spacial score (nSPS) is 22.4. The first kappa shape index (κ1) is 24.1. The number of halogens is 3. The minimum atomic E-state index is -4.60. The Morgan fingerprint density at radius 3 is 2.71 bits per heavy atom. The van der Waals surface area contributed by atoms with Gasteiger partial charge in [0, 0.05) is 49.5 Å². The Bertz CT molecular complexity index is 1110. The van der Waals surface area contributed by atoms with E-state index in [4.69, 9.17) is 10.00 Å². The van der Waals surface area contributed by atoms with Crippen LogP contribution in [0.2, 0.25) is 0 Å². The van der Waals surface area contributed by atoms with Gasteiger partial charge in [0.05, 0.1) is 23.8 Å². The van der Waals surface area contributed by atoms with E-state index in [1.54, 1.807) is 12.1 Å². The van der Waals surface area contributed by atoms with Gasteiger partial charge in [0.15, 0.2) is 0 Å². The largest absolute Gasteiger partial charge is 0.417 e. The van der Waals surface area contributed by atoms with Gasteiger partial charge in [-0.25, -0.2) is 0 Å². The summed E-state index contributed by atoms with van der Waals surface area (Å²) in [6, 6.07) is 13.0. The Labute approximate surface area is 197 Å². The molecule has 0 spiro atoms. The summed E-state index contributed by atoms with van der Waals surface area (Å²) in [7, 11) is 0. The van der Waals surface area contributed by atoms with Gasteiger partial charge in [-0.05, 0) is 56.5 Å². The van der Waals surface area contributed by atoms with Crippen molar-refractivity contribution in [1.29, 1.82) is 5.26 Å². The molecule has 0 unspecified atom stereocenters. The molecule has 0 aromatic heterocycles. The van der Waals surface area contributed by atoms with E-state index in [9.17, 15) is 18.0 Å². The molecule has 2 heterocycles. The molecule has 1 amide bonds. The summed E-state index contributed by atoms with van der Waals surface area (Å²) in [6.07, 6.45) is -3.85. The molecular weight excluding hydrogens is 443 g/mol. The molecule has 2 aromatic rings. The van der Waals surface area contributed by atoms with Crippen LogP contribution in [-0.4, -0.2) is 50.2 Å². The fourth-order valence-electron chi connectivity index (χ4n) is 5.29. The summed E-state index contributed by atoms with van der Waals surface area (Å²) >= 11 is 0. The molecule has 180 valence electrons. The standard InChI is InChI=1S/C26H28F3N3O2/c1-3-34-17-25-15-31(24(33)19-6-4-5-18(2)11-19)10-9-21(25)14-32(16-25)22-8-7-20(13-30)23(12-22)26(27,28)29/h4-8,11-12,21H,3,9-10,14-17H2,1-2H3/t21-,25+/m0/s1. The number of ether oxygens (including phenoxy) is 1. The highest BCUT2D eigenvalue weighted by molar-refractivity contribution is 5.94. The van der Waals surface area contributed by atoms with E-state index in [1.165, 1.54) is 6.07 Å². The molecule has 0 radical (unpaired) electrons. The molecule has 0 N–H and O–H groups in total. The Morgan fingerprint density at radius 2 is 2.03 bits per heavy atom. The molecule has 2 atom stereocenters. The first-order valence-electron chi connectivity index (χ1n) is 11.5. The molecule has 34 heavy (non-hydrogen) atoms. The number of anilines is 1. The second kappa shape index (κ2) is 9.30. The number of alkyl halides is 3. The van der Waals surface area contributed by atoms with Gasteiger partial charge in [0.2, 0.25) is 0 Å². The van der Waals surface area contributed by atoms with Crippen LogP contribution in [-0.2, 0) is 10.9 Å². The van der Waals surface area contributed by atoms with Crippen LogP contribution in [0.15, 0.2) is 42.5 Å². The smallest absolute Gasteiger partial charge is 0.381 e. The van der Waals surface area contributed by atoms with Crippen LogP contribution in [0.25, 0.3) is 0 Å². The summed E-state index contributed by atoms with van der Waals surface area (Å²) in [4.78, 5) is 17.0. The number of carbonyl (C=O) groups excluding carboxylic acids is 1. The van der Waals surface area contributed by atoms with E-state index in [0.29, 0.717) is 50.6 Å². The van der Waals surface area contributed by atoms with Crippen molar-refractivity contribution in [3.8, 4) is 6.07 Å². The van der Waals surface area contributed by atoms with Gasteiger partial charge < -0.3 is 14.5 Å². The highest BCUT2D eigenvalue weighted by Gasteiger charge is 2.51. The maximum atomic E-state index is 13.5. The quantitative estimate of drug-likeness (QED) is 0.623. The topological polar surface area (TPSA) is 56.6 Å². The minimum Gasteiger partial charge on any atom is -0.381 e. The molecule has 8 heteroatoms. The van der Waals surface area contributed by atoms with Crippen molar-refractivity contribution in [2.24, 2.45) is 11.3 Å². The maximum absolute atomic E-state index is 13.5. The zero-order valence-corrected chi connectivity index (χ0v) is 19.4. The zero-order valence-electron chi connectivity index (χ0n) is 19.4. The number of hydrogen-bond donors (Lipinski definition) is 0. The molecule has 5 nitrogen and oxygen atoms in total. The van der Waals surface area contributed by atoms with Crippen molar-refractivity contribution in [1.82, 2.24) is 4.90 Å². The third-order valence-corrected chi connectivity index (χ3v) is 7.01. The third kappa shape index (κ3) is 4.62. The number of carbonyl (C=O) groups is 1. The van der Waals surface area contributed by atoms with Crippen LogP contribution in [0.1, 0.15) is 40.4 Å². The molecule has 0 aliphatic carbocycles. The molecule has 2 saturated heterocycles. The number of amides is 1. The number of hydrogen-bond acceptors (Lipinski definition) is 4. The predicted molar refractivity (Wildman–Crippen MR) is 122 cm³/mol. The summed E-state index contributed by atoms with van der Waals surface area (Å²) in [5.74, 6) is 0.153. The van der Waals surface area contributed by atoms with Gasteiger partial charge in [-0.15, -0.1) is 0 Å². The van der Waals surface area contributed by atoms with E-state index < -0.39 is 11.7 Å². The van der Waals surface area contributed by atoms with Gasteiger partial charge in [-0.3, -0.25) is 4.79 Å². The van der Waals surface area contributed by atoms with E-state index >= 15 is 0 Å². The number of nitriles is 1. The van der Waals surface area contributed by atoms with Crippen LogP contribution in [0, 0.1) is 29.6 Å². The summed E-state index contributed by atoms with van der Waals surface area (Å²) in [5, 5.41) is 9.12. The highest BCUT2D eigenvalue weighted by Crippen LogP contribution is 2.45. The van der Waals surface area contributed by atoms with Crippen molar-refractivity contribution in [2.45, 2.75) is 26.4 Å². The number of aryl methyl sites for hydroxylation is 1. The van der Waals surface area contributed by atoms with Crippen molar-refractivity contribution in [3.05, 3.63) is 64.7 Å². The molecular formula is C26H28F3N3O2. The lowest BCUT2D eigenvalue weighted by molar-refractivity contribution is -0.137. The Hall–Kier alpha value is -3.05. The summed E-state index contributed by atoms with van der Waals surface area (Å²) in [6.45, 7) is 6.97. The second-order valence-electron chi connectivity index (χ2n) is 9.30. The van der Waals surface area contributed by atoms with E-state index in [0.717, 1.165) is 18.1 Å². The minimum absolute atomic E-state index is 0.0331. The van der Waals surface area contributed by atoms with Crippen molar-refractivity contribution < 1.29 is 22.7 Å². The lowest BCUT2D eigenvalue weighted by Crippen LogP contribution is -2.53. The second-order valence-corrected chi connectivity index (χ2v) is 9.30. The van der Waals surface area contributed by atoms with Crippen LogP contribution in [0.5, 0.6) is 0 Å². The lowest BCUT2D eigenvalue weighted by Gasteiger charge is -2.44. The molecule has 4 rings (SSSR count). The van der Waals surface area contributed by atoms with Crippen LogP contribution >= 0.6 is 0 Å². The number of nitrogens with zero attached hydrogens (tertiary/aromatic N) is 3. The maximum Gasteiger partial charge on any atom is 0.417 e. The monoisotopic (exact) mass is 471 g/mol. The fourth-order valence-corrected chi connectivity index (χ4v) is 5.29. The van der Waals surface area contributed by atoms with E-state index in [-0.39, 0.29) is 22.8 Å². The molecule has 0 bridgehead atoms. The first-order valence-corrected chi connectivity index (χ1v) is 11.5. The average Bonchev–Trinajstić information content (AvgIpc) is 3.20. The molecule has 0 saturated carbocycles.